The molecule has 72 valence electrons. The molecule has 0 atom stereocenters. The van der Waals surface area contributed by atoms with E-state index in [1.54, 1.807) is 6.08 Å². The van der Waals surface area contributed by atoms with Crippen LogP contribution in [0.25, 0.3) is 12.2 Å². The quantitative estimate of drug-likeness (QED) is 0.819. The summed E-state index contributed by atoms with van der Waals surface area (Å²) in [5, 5.41) is 13.4. The van der Waals surface area contributed by atoms with Crippen molar-refractivity contribution in [2.45, 2.75) is 0 Å². The lowest BCUT2D eigenvalue weighted by Gasteiger charge is -1.88. The SMILES string of the molecule is C(=Cc1nn[nH]n1)c1ccccc1.Cl. The summed E-state index contributed by atoms with van der Waals surface area (Å²) in [6.45, 7) is 0. The third-order valence-electron chi connectivity index (χ3n) is 1.59. The van der Waals surface area contributed by atoms with Gasteiger partial charge < -0.3 is 0 Å². The lowest BCUT2D eigenvalue weighted by Crippen LogP contribution is -1.74. The zero-order chi connectivity index (χ0) is 8.93. The average molecular weight is 209 g/mol. The molecule has 0 unspecified atom stereocenters. The molecule has 2 aromatic rings. The van der Waals surface area contributed by atoms with Crippen molar-refractivity contribution in [2.75, 3.05) is 0 Å². The molecule has 0 aliphatic carbocycles. The average Bonchev–Trinajstić information content (AvgIpc) is 2.69. The molecule has 1 aromatic carbocycles. The first-order valence-corrected chi connectivity index (χ1v) is 3.92. The second kappa shape index (κ2) is 5.14. The Balaban J connectivity index is 0.000000980. The first-order chi connectivity index (χ1) is 6.45. The third kappa shape index (κ3) is 2.67. The molecule has 1 N–H and O–H groups in total. The summed E-state index contributed by atoms with van der Waals surface area (Å²) in [5.41, 5.74) is 1.12. The highest BCUT2D eigenvalue weighted by Gasteiger charge is 1.89. The standard InChI is InChI=1S/C9H8N4.ClH/c1-2-4-8(5-3-1)6-7-9-10-12-13-11-9;/h1-7H,(H,10,11,12,13);1H. The topological polar surface area (TPSA) is 54.5 Å². The predicted molar refractivity (Wildman–Crippen MR) is 56.8 cm³/mol. The Hall–Kier alpha value is -1.68. The van der Waals surface area contributed by atoms with Crippen LogP contribution in [0.1, 0.15) is 11.4 Å². The van der Waals surface area contributed by atoms with Gasteiger partial charge in [0.15, 0.2) is 5.82 Å². The molecular weight excluding hydrogens is 200 g/mol. The number of hydrogen-bond donors (Lipinski definition) is 1. The van der Waals surface area contributed by atoms with Crippen LogP contribution in [-0.4, -0.2) is 20.6 Å². The van der Waals surface area contributed by atoms with E-state index >= 15 is 0 Å². The van der Waals surface area contributed by atoms with E-state index in [4.69, 9.17) is 0 Å². The van der Waals surface area contributed by atoms with Gasteiger partial charge in [-0.1, -0.05) is 36.4 Å². The van der Waals surface area contributed by atoms with E-state index in [0.29, 0.717) is 5.82 Å². The van der Waals surface area contributed by atoms with Crippen molar-refractivity contribution in [1.29, 1.82) is 0 Å². The summed E-state index contributed by atoms with van der Waals surface area (Å²) in [6.07, 6.45) is 3.74. The molecule has 4 nitrogen and oxygen atoms in total. The number of aromatic amines is 1. The summed E-state index contributed by atoms with van der Waals surface area (Å²) < 4.78 is 0. The monoisotopic (exact) mass is 208 g/mol. The Morgan fingerprint density at radius 3 is 2.50 bits per heavy atom. The van der Waals surface area contributed by atoms with Crippen molar-refractivity contribution in [2.24, 2.45) is 0 Å². The van der Waals surface area contributed by atoms with Gasteiger partial charge in [0, 0.05) is 0 Å². The highest BCUT2D eigenvalue weighted by Crippen LogP contribution is 2.02. The van der Waals surface area contributed by atoms with Gasteiger partial charge in [0.05, 0.1) is 0 Å². The predicted octanol–water partition coefficient (Wildman–Crippen LogP) is 1.79. The lowest BCUT2D eigenvalue weighted by molar-refractivity contribution is 0.881. The van der Waals surface area contributed by atoms with Gasteiger partial charge >= 0.3 is 0 Å². The number of nitrogens with zero attached hydrogens (tertiary/aromatic N) is 3. The molecule has 0 aliphatic heterocycles. The number of hydrogen-bond acceptors (Lipinski definition) is 3. The van der Waals surface area contributed by atoms with Crippen molar-refractivity contribution in [3.8, 4) is 0 Å². The van der Waals surface area contributed by atoms with Crippen molar-refractivity contribution in [3.05, 3.63) is 41.7 Å². The van der Waals surface area contributed by atoms with Gasteiger partial charge in [-0.25, -0.2) is 0 Å². The van der Waals surface area contributed by atoms with Crippen LogP contribution >= 0.6 is 12.4 Å². The summed E-state index contributed by atoms with van der Waals surface area (Å²) in [7, 11) is 0. The molecule has 0 fully saturated rings. The molecule has 0 amide bonds. The van der Waals surface area contributed by atoms with E-state index in [-0.39, 0.29) is 12.4 Å². The third-order valence-corrected chi connectivity index (χ3v) is 1.59. The zero-order valence-corrected chi connectivity index (χ0v) is 8.11. The van der Waals surface area contributed by atoms with Gasteiger partial charge in [-0.2, -0.15) is 5.21 Å². The first-order valence-electron chi connectivity index (χ1n) is 3.92. The highest BCUT2D eigenvalue weighted by molar-refractivity contribution is 5.85. The molecule has 2 rings (SSSR count). The Labute approximate surface area is 87.5 Å². The Morgan fingerprint density at radius 2 is 1.86 bits per heavy atom. The number of benzene rings is 1. The minimum Gasteiger partial charge on any atom is -0.177 e. The van der Waals surface area contributed by atoms with Crippen molar-refractivity contribution < 1.29 is 0 Å². The van der Waals surface area contributed by atoms with Crippen LogP contribution in [0.2, 0.25) is 0 Å². The van der Waals surface area contributed by atoms with Gasteiger partial charge in [-0.15, -0.1) is 22.6 Å². The van der Waals surface area contributed by atoms with Crippen LogP contribution in [0.4, 0.5) is 0 Å². The maximum Gasteiger partial charge on any atom is 0.197 e. The van der Waals surface area contributed by atoms with Gasteiger partial charge in [0.1, 0.15) is 0 Å². The Bertz CT molecular complexity index is 382. The number of nitrogens with one attached hydrogen (secondary N) is 1. The van der Waals surface area contributed by atoms with Crippen LogP contribution in [0.5, 0.6) is 0 Å². The fourth-order valence-corrected chi connectivity index (χ4v) is 0.975. The van der Waals surface area contributed by atoms with E-state index < -0.39 is 0 Å². The Kier molecular flexibility index (Phi) is 3.82. The van der Waals surface area contributed by atoms with Crippen LogP contribution in [-0.2, 0) is 0 Å². The van der Waals surface area contributed by atoms with E-state index in [1.807, 2.05) is 36.4 Å². The molecule has 0 spiro atoms. The molecule has 0 saturated heterocycles. The summed E-state index contributed by atoms with van der Waals surface area (Å²) in [6, 6.07) is 9.96. The smallest absolute Gasteiger partial charge is 0.177 e. The number of tetrazole rings is 1. The van der Waals surface area contributed by atoms with Crippen LogP contribution in [0, 0.1) is 0 Å². The van der Waals surface area contributed by atoms with E-state index in [2.05, 4.69) is 20.6 Å². The molecular formula is C9H9ClN4. The number of H-pyrrole nitrogens is 1. The molecule has 14 heavy (non-hydrogen) atoms. The molecule has 0 bridgehead atoms. The number of aromatic nitrogens is 4. The van der Waals surface area contributed by atoms with E-state index in [0.717, 1.165) is 5.56 Å². The largest absolute Gasteiger partial charge is 0.197 e. The van der Waals surface area contributed by atoms with Gasteiger partial charge in [-0.05, 0) is 16.9 Å². The maximum atomic E-state index is 3.80. The van der Waals surface area contributed by atoms with E-state index in [1.165, 1.54) is 0 Å². The first kappa shape index (κ1) is 10.4. The minimum absolute atomic E-state index is 0. The van der Waals surface area contributed by atoms with Gasteiger partial charge in [-0.3, -0.25) is 0 Å². The summed E-state index contributed by atoms with van der Waals surface area (Å²) in [4.78, 5) is 0. The molecule has 1 aromatic heterocycles. The fourth-order valence-electron chi connectivity index (χ4n) is 0.975. The molecule has 0 radical (unpaired) electrons. The Morgan fingerprint density at radius 1 is 1.07 bits per heavy atom. The van der Waals surface area contributed by atoms with Crippen LogP contribution in [0.15, 0.2) is 30.3 Å². The minimum atomic E-state index is 0. The normalized spacial score (nSPS) is 10.0. The molecule has 5 heteroatoms. The fraction of sp³-hybridized carbons (Fsp3) is 0. The molecule has 0 aliphatic rings. The number of rotatable bonds is 2. The van der Waals surface area contributed by atoms with Gasteiger partial charge in [0.2, 0.25) is 0 Å². The lowest BCUT2D eigenvalue weighted by atomic mass is 10.2. The number of halogens is 1. The van der Waals surface area contributed by atoms with Gasteiger partial charge in [0.25, 0.3) is 0 Å². The maximum absolute atomic E-state index is 3.80. The van der Waals surface area contributed by atoms with Crippen molar-refractivity contribution >= 4 is 24.6 Å². The van der Waals surface area contributed by atoms with Crippen molar-refractivity contribution in [3.63, 3.8) is 0 Å². The van der Waals surface area contributed by atoms with Crippen molar-refractivity contribution in [1.82, 2.24) is 20.6 Å². The summed E-state index contributed by atoms with van der Waals surface area (Å²) in [5.74, 6) is 0.587. The highest BCUT2D eigenvalue weighted by atomic mass is 35.5. The second-order valence-corrected chi connectivity index (χ2v) is 2.51. The molecule has 0 saturated carbocycles. The molecule has 1 heterocycles. The van der Waals surface area contributed by atoms with E-state index in [9.17, 15) is 0 Å². The summed E-state index contributed by atoms with van der Waals surface area (Å²) >= 11 is 0. The van der Waals surface area contributed by atoms with Crippen LogP contribution < -0.4 is 0 Å². The second-order valence-electron chi connectivity index (χ2n) is 2.51. The van der Waals surface area contributed by atoms with Crippen LogP contribution in [0.3, 0.4) is 0 Å². The zero-order valence-electron chi connectivity index (χ0n) is 7.29.